The first-order valence-electron chi connectivity index (χ1n) is 5.88. The molecule has 1 aromatic carbocycles. The van der Waals surface area contributed by atoms with E-state index in [1.807, 2.05) is 12.4 Å². The molecule has 0 atom stereocenters. The standard InChI is InChI=1S/C14H16N2/c1-14(8-5-9-14)16-10-13(15-11-16)12-6-3-2-4-7-12/h2-4,6-7,10-11H,5,8-9H2,1H3. The Morgan fingerprint density at radius 1 is 1.19 bits per heavy atom. The maximum Gasteiger partial charge on any atom is 0.0958 e. The van der Waals surface area contributed by atoms with E-state index in [0.717, 1.165) is 5.69 Å². The average Bonchev–Trinajstić information content (AvgIpc) is 2.77. The minimum atomic E-state index is 0.319. The van der Waals surface area contributed by atoms with Crippen molar-refractivity contribution in [2.45, 2.75) is 31.7 Å². The lowest BCUT2D eigenvalue weighted by molar-refractivity contribution is 0.168. The van der Waals surface area contributed by atoms with Crippen molar-refractivity contribution in [1.82, 2.24) is 9.55 Å². The van der Waals surface area contributed by atoms with E-state index in [-0.39, 0.29) is 0 Å². The molecule has 82 valence electrons. The monoisotopic (exact) mass is 212 g/mol. The Morgan fingerprint density at radius 3 is 2.56 bits per heavy atom. The highest BCUT2D eigenvalue weighted by Gasteiger charge is 2.33. The largest absolute Gasteiger partial charge is 0.331 e. The van der Waals surface area contributed by atoms with Crippen molar-refractivity contribution >= 4 is 0 Å². The molecule has 1 heterocycles. The van der Waals surface area contributed by atoms with Crippen molar-refractivity contribution in [2.75, 3.05) is 0 Å². The summed E-state index contributed by atoms with van der Waals surface area (Å²) in [6.07, 6.45) is 8.04. The summed E-state index contributed by atoms with van der Waals surface area (Å²) in [5.41, 5.74) is 2.60. The molecule has 1 aliphatic rings. The van der Waals surface area contributed by atoms with Crippen LogP contribution in [0.25, 0.3) is 11.3 Å². The summed E-state index contributed by atoms with van der Waals surface area (Å²) >= 11 is 0. The normalized spacial score (nSPS) is 18.1. The number of hydrogen-bond donors (Lipinski definition) is 0. The highest BCUT2D eigenvalue weighted by molar-refractivity contribution is 5.57. The Balaban J connectivity index is 1.94. The fraction of sp³-hybridized carbons (Fsp3) is 0.357. The van der Waals surface area contributed by atoms with Gasteiger partial charge in [0.2, 0.25) is 0 Å². The molecule has 1 fully saturated rings. The molecule has 0 saturated heterocycles. The van der Waals surface area contributed by atoms with Gasteiger partial charge in [-0.1, -0.05) is 30.3 Å². The predicted octanol–water partition coefficient (Wildman–Crippen LogP) is 3.45. The lowest BCUT2D eigenvalue weighted by atomic mass is 9.78. The van der Waals surface area contributed by atoms with Gasteiger partial charge in [0.25, 0.3) is 0 Å². The van der Waals surface area contributed by atoms with Crippen molar-refractivity contribution in [3.63, 3.8) is 0 Å². The van der Waals surface area contributed by atoms with Gasteiger partial charge in [0.15, 0.2) is 0 Å². The molecule has 1 aliphatic carbocycles. The molecule has 3 rings (SSSR count). The third kappa shape index (κ3) is 1.45. The van der Waals surface area contributed by atoms with Gasteiger partial charge in [0.1, 0.15) is 0 Å². The minimum Gasteiger partial charge on any atom is -0.331 e. The van der Waals surface area contributed by atoms with Crippen LogP contribution in [0.2, 0.25) is 0 Å². The molecule has 0 spiro atoms. The van der Waals surface area contributed by atoms with Gasteiger partial charge in [-0.3, -0.25) is 0 Å². The van der Waals surface area contributed by atoms with Gasteiger partial charge >= 0.3 is 0 Å². The summed E-state index contributed by atoms with van der Waals surface area (Å²) in [5.74, 6) is 0. The van der Waals surface area contributed by atoms with Crippen molar-refractivity contribution in [1.29, 1.82) is 0 Å². The van der Waals surface area contributed by atoms with E-state index in [0.29, 0.717) is 5.54 Å². The van der Waals surface area contributed by atoms with Crippen molar-refractivity contribution in [3.8, 4) is 11.3 Å². The highest BCUT2D eigenvalue weighted by atomic mass is 15.1. The Morgan fingerprint density at radius 2 is 1.94 bits per heavy atom. The molecule has 0 aliphatic heterocycles. The molecule has 1 saturated carbocycles. The zero-order valence-corrected chi connectivity index (χ0v) is 9.56. The van der Waals surface area contributed by atoms with E-state index in [1.54, 1.807) is 0 Å². The SMILES string of the molecule is CC1(n2cnc(-c3ccccc3)c2)CCC1. The highest BCUT2D eigenvalue weighted by Crippen LogP contribution is 2.39. The van der Waals surface area contributed by atoms with E-state index in [2.05, 4.69) is 46.9 Å². The number of benzene rings is 1. The Labute approximate surface area is 95.9 Å². The lowest BCUT2D eigenvalue weighted by Crippen LogP contribution is -2.36. The molecule has 16 heavy (non-hydrogen) atoms. The first-order valence-corrected chi connectivity index (χ1v) is 5.88. The van der Waals surface area contributed by atoms with Crippen molar-refractivity contribution < 1.29 is 0 Å². The number of rotatable bonds is 2. The fourth-order valence-corrected chi connectivity index (χ4v) is 2.32. The third-order valence-electron chi connectivity index (χ3n) is 3.71. The van der Waals surface area contributed by atoms with E-state index in [9.17, 15) is 0 Å². The summed E-state index contributed by atoms with van der Waals surface area (Å²) in [6, 6.07) is 10.4. The number of nitrogens with zero attached hydrogens (tertiary/aromatic N) is 2. The second kappa shape index (κ2) is 3.48. The average molecular weight is 212 g/mol. The second-order valence-electron chi connectivity index (χ2n) is 4.88. The molecule has 0 N–H and O–H groups in total. The van der Waals surface area contributed by atoms with Crippen molar-refractivity contribution in [2.24, 2.45) is 0 Å². The summed E-state index contributed by atoms with van der Waals surface area (Å²) in [6.45, 7) is 2.31. The van der Waals surface area contributed by atoms with Crippen LogP contribution in [-0.4, -0.2) is 9.55 Å². The quantitative estimate of drug-likeness (QED) is 0.745. The van der Waals surface area contributed by atoms with Crippen LogP contribution >= 0.6 is 0 Å². The van der Waals surface area contributed by atoms with Gasteiger partial charge < -0.3 is 4.57 Å². The Bertz CT molecular complexity index is 480. The van der Waals surface area contributed by atoms with Crippen LogP contribution in [0.1, 0.15) is 26.2 Å². The number of hydrogen-bond acceptors (Lipinski definition) is 1. The molecule has 1 aromatic heterocycles. The van der Waals surface area contributed by atoms with Crippen LogP contribution < -0.4 is 0 Å². The van der Waals surface area contributed by atoms with Crippen LogP contribution in [0.15, 0.2) is 42.9 Å². The first-order chi connectivity index (χ1) is 7.78. The molecule has 0 radical (unpaired) electrons. The molecule has 2 heteroatoms. The van der Waals surface area contributed by atoms with Crippen molar-refractivity contribution in [3.05, 3.63) is 42.9 Å². The van der Waals surface area contributed by atoms with Crippen LogP contribution in [0, 0.1) is 0 Å². The third-order valence-corrected chi connectivity index (χ3v) is 3.71. The Kier molecular flexibility index (Phi) is 2.10. The predicted molar refractivity (Wildman–Crippen MR) is 65.2 cm³/mol. The molecule has 0 unspecified atom stereocenters. The van der Waals surface area contributed by atoms with E-state index in [1.165, 1.54) is 24.8 Å². The Hall–Kier alpha value is -1.57. The summed E-state index contributed by atoms with van der Waals surface area (Å²) in [5, 5.41) is 0. The van der Waals surface area contributed by atoms with Crippen LogP contribution in [0.3, 0.4) is 0 Å². The van der Waals surface area contributed by atoms with Gasteiger partial charge in [-0.2, -0.15) is 0 Å². The van der Waals surface area contributed by atoms with E-state index >= 15 is 0 Å². The molecular weight excluding hydrogens is 196 g/mol. The van der Waals surface area contributed by atoms with Crippen LogP contribution in [0.4, 0.5) is 0 Å². The smallest absolute Gasteiger partial charge is 0.0958 e. The summed E-state index contributed by atoms with van der Waals surface area (Å²) in [4.78, 5) is 4.50. The number of aromatic nitrogens is 2. The molecule has 0 amide bonds. The van der Waals surface area contributed by atoms with Gasteiger partial charge in [-0.25, -0.2) is 4.98 Å². The number of imidazole rings is 1. The topological polar surface area (TPSA) is 17.8 Å². The summed E-state index contributed by atoms with van der Waals surface area (Å²) in [7, 11) is 0. The molecule has 2 nitrogen and oxygen atoms in total. The zero-order valence-electron chi connectivity index (χ0n) is 9.56. The molecule has 2 aromatic rings. The molecule has 0 bridgehead atoms. The van der Waals surface area contributed by atoms with Crippen LogP contribution in [-0.2, 0) is 5.54 Å². The van der Waals surface area contributed by atoms with Gasteiger partial charge in [0.05, 0.1) is 12.0 Å². The second-order valence-corrected chi connectivity index (χ2v) is 4.88. The maximum atomic E-state index is 4.50. The van der Waals surface area contributed by atoms with Gasteiger partial charge in [0, 0.05) is 17.3 Å². The van der Waals surface area contributed by atoms with Crippen LogP contribution in [0.5, 0.6) is 0 Å². The first kappa shape index (κ1) is 9.64. The molecular formula is C14H16N2. The maximum absolute atomic E-state index is 4.50. The lowest BCUT2D eigenvalue weighted by Gasteiger charge is -2.39. The van der Waals surface area contributed by atoms with E-state index in [4.69, 9.17) is 0 Å². The summed E-state index contributed by atoms with van der Waals surface area (Å²) < 4.78 is 2.28. The zero-order chi connectivity index (χ0) is 11.0. The fourth-order valence-electron chi connectivity index (χ4n) is 2.32. The van der Waals surface area contributed by atoms with E-state index < -0.39 is 0 Å². The van der Waals surface area contributed by atoms with Gasteiger partial charge in [-0.15, -0.1) is 0 Å². The minimum absolute atomic E-state index is 0.319. The van der Waals surface area contributed by atoms with Gasteiger partial charge in [-0.05, 0) is 26.2 Å².